The van der Waals surface area contributed by atoms with Gasteiger partial charge >= 0.3 is 0 Å². The lowest BCUT2D eigenvalue weighted by molar-refractivity contribution is 0.422. The highest BCUT2D eigenvalue weighted by molar-refractivity contribution is 5.60. The van der Waals surface area contributed by atoms with Gasteiger partial charge in [0.1, 0.15) is 5.69 Å². The van der Waals surface area contributed by atoms with Gasteiger partial charge in [-0.3, -0.25) is 4.79 Å². The van der Waals surface area contributed by atoms with Gasteiger partial charge in [-0.25, -0.2) is 4.98 Å². The number of nitrogens with zero attached hydrogens (tertiary/aromatic N) is 2. The van der Waals surface area contributed by atoms with E-state index in [1.165, 1.54) is 6.33 Å². The third kappa shape index (κ3) is 2.58. The number of nitrogen functional groups attached to an aromatic ring is 1. The van der Waals surface area contributed by atoms with E-state index in [0.717, 1.165) is 32.5 Å². The monoisotopic (exact) mass is 237 g/mol. The van der Waals surface area contributed by atoms with Crippen molar-refractivity contribution in [2.24, 2.45) is 0 Å². The van der Waals surface area contributed by atoms with Crippen LogP contribution in [0, 0.1) is 0 Å². The lowest BCUT2D eigenvalue weighted by Gasteiger charge is -2.33. The Morgan fingerprint density at radius 1 is 1.59 bits per heavy atom. The lowest BCUT2D eigenvalue weighted by Crippen LogP contribution is -2.43. The SMILES string of the molecule is CCNC1CCN(c2nc[nH]c(=O)c2N)CC1. The molecule has 0 saturated carbocycles. The number of nitrogens with one attached hydrogen (secondary N) is 2. The van der Waals surface area contributed by atoms with E-state index < -0.39 is 0 Å². The van der Waals surface area contributed by atoms with E-state index in [1.54, 1.807) is 0 Å². The third-order valence-corrected chi connectivity index (χ3v) is 3.16. The summed E-state index contributed by atoms with van der Waals surface area (Å²) in [6, 6.07) is 0.569. The predicted octanol–water partition coefficient (Wildman–Crippen LogP) is -0.0696. The molecule has 1 aliphatic rings. The number of hydrogen-bond acceptors (Lipinski definition) is 5. The fourth-order valence-electron chi connectivity index (χ4n) is 2.24. The van der Waals surface area contributed by atoms with E-state index >= 15 is 0 Å². The van der Waals surface area contributed by atoms with Gasteiger partial charge in [-0.2, -0.15) is 0 Å². The van der Waals surface area contributed by atoms with Crippen LogP contribution in [-0.2, 0) is 0 Å². The van der Waals surface area contributed by atoms with Gasteiger partial charge in [0.05, 0.1) is 6.33 Å². The van der Waals surface area contributed by atoms with Gasteiger partial charge in [0.25, 0.3) is 5.56 Å². The van der Waals surface area contributed by atoms with Gasteiger partial charge < -0.3 is 20.9 Å². The van der Waals surface area contributed by atoms with E-state index in [1.807, 2.05) is 0 Å². The number of hydrogen-bond donors (Lipinski definition) is 3. The van der Waals surface area contributed by atoms with Crippen molar-refractivity contribution in [3.8, 4) is 0 Å². The Balaban J connectivity index is 2.05. The van der Waals surface area contributed by atoms with Crippen molar-refractivity contribution in [3.05, 3.63) is 16.7 Å². The van der Waals surface area contributed by atoms with Gasteiger partial charge in [0.2, 0.25) is 0 Å². The summed E-state index contributed by atoms with van der Waals surface area (Å²) in [5.74, 6) is 0.615. The van der Waals surface area contributed by atoms with Crippen LogP contribution in [0.5, 0.6) is 0 Å². The van der Waals surface area contributed by atoms with Gasteiger partial charge in [-0.15, -0.1) is 0 Å². The van der Waals surface area contributed by atoms with Crippen LogP contribution in [0.3, 0.4) is 0 Å². The highest BCUT2D eigenvalue weighted by atomic mass is 16.1. The second-order valence-corrected chi connectivity index (χ2v) is 4.29. The van der Waals surface area contributed by atoms with Gasteiger partial charge in [0.15, 0.2) is 5.82 Å². The molecule has 6 nitrogen and oxygen atoms in total. The Hall–Kier alpha value is -1.56. The molecule has 0 spiro atoms. The molecule has 0 amide bonds. The van der Waals surface area contributed by atoms with Crippen molar-refractivity contribution >= 4 is 11.5 Å². The van der Waals surface area contributed by atoms with Crippen molar-refractivity contribution in [2.75, 3.05) is 30.3 Å². The molecule has 0 unspecified atom stereocenters. The molecule has 0 aromatic carbocycles. The smallest absolute Gasteiger partial charge is 0.276 e. The van der Waals surface area contributed by atoms with Crippen LogP contribution in [0.1, 0.15) is 19.8 Å². The van der Waals surface area contributed by atoms with E-state index in [9.17, 15) is 4.79 Å². The van der Waals surface area contributed by atoms with Crippen LogP contribution in [0.25, 0.3) is 0 Å². The highest BCUT2D eigenvalue weighted by Gasteiger charge is 2.21. The third-order valence-electron chi connectivity index (χ3n) is 3.16. The zero-order valence-electron chi connectivity index (χ0n) is 10.1. The van der Waals surface area contributed by atoms with Gasteiger partial charge in [-0.1, -0.05) is 6.92 Å². The van der Waals surface area contributed by atoms with Crippen molar-refractivity contribution in [2.45, 2.75) is 25.8 Å². The summed E-state index contributed by atoms with van der Waals surface area (Å²) in [7, 11) is 0. The van der Waals surface area contributed by atoms with Crippen molar-refractivity contribution < 1.29 is 0 Å². The summed E-state index contributed by atoms with van der Waals surface area (Å²) in [5, 5.41) is 3.44. The molecule has 2 heterocycles. The standard InChI is InChI=1S/C11H19N5O/c1-2-13-8-3-5-16(6-4-8)10-9(12)11(17)15-7-14-10/h7-8,13H,2-6,12H2,1H3,(H,14,15,17). The molecule has 2 rings (SSSR count). The zero-order valence-corrected chi connectivity index (χ0v) is 10.1. The molecule has 94 valence electrons. The molecular formula is C11H19N5O. The quantitative estimate of drug-likeness (QED) is 0.685. The average Bonchev–Trinajstić information content (AvgIpc) is 2.34. The minimum absolute atomic E-state index is 0.217. The molecule has 0 radical (unpaired) electrons. The number of H-pyrrole nitrogens is 1. The molecule has 4 N–H and O–H groups in total. The number of nitrogens with two attached hydrogens (primary N) is 1. The maximum absolute atomic E-state index is 11.4. The maximum atomic E-state index is 11.4. The zero-order chi connectivity index (χ0) is 12.3. The summed E-state index contributed by atoms with van der Waals surface area (Å²) in [5.41, 5.74) is 5.70. The Labute approximate surface area is 100 Å². The second-order valence-electron chi connectivity index (χ2n) is 4.29. The number of rotatable bonds is 3. The lowest BCUT2D eigenvalue weighted by atomic mass is 10.1. The molecule has 17 heavy (non-hydrogen) atoms. The molecule has 1 fully saturated rings. The summed E-state index contributed by atoms with van der Waals surface area (Å²) in [6.07, 6.45) is 3.52. The number of aromatic amines is 1. The molecule has 1 aromatic heterocycles. The highest BCUT2D eigenvalue weighted by Crippen LogP contribution is 2.20. The molecule has 0 aliphatic carbocycles. The predicted molar refractivity (Wildman–Crippen MR) is 68.2 cm³/mol. The Morgan fingerprint density at radius 2 is 2.29 bits per heavy atom. The Kier molecular flexibility index (Phi) is 3.63. The van der Waals surface area contributed by atoms with E-state index in [4.69, 9.17) is 5.73 Å². The second kappa shape index (κ2) is 5.18. The first-order valence-electron chi connectivity index (χ1n) is 6.04. The minimum Gasteiger partial charge on any atom is -0.391 e. The molecule has 6 heteroatoms. The first kappa shape index (κ1) is 11.9. The van der Waals surface area contributed by atoms with Crippen LogP contribution >= 0.6 is 0 Å². The normalized spacial score (nSPS) is 17.4. The number of aromatic nitrogens is 2. The molecule has 1 saturated heterocycles. The van der Waals surface area contributed by atoms with E-state index in [-0.39, 0.29) is 11.2 Å². The van der Waals surface area contributed by atoms with E-state index in [2.05, 4.69) is 27.1 Å². The van der Waals surface area contributed by atoms with Gasteiger partial charge in [0, 0.05) is 19.1 Å². The first-order valence-corrected chi connectivity index (χ1v) is 6.04. The molecule has 0 bridgehead atoms. The Bertz CT molecular complexity index is 422. The first-order chi connectivity index (χ1) is 8.22. The fraction of sp³-hybridized carbons (Fsp3) is 0.636. The van der Waals surface area contributed by atoms with Crippen molar-refractivity contribution in [3.63, 3.8) is 0 Å². The number of anilines is 2. The van der Waals surface area contributed by atoms with Crippen molar-refractivity contribution in [1.29, 1.82) is 0 Å². The maximum Gasteiger partial charge on any atom is 0.276 e. The van der Waals surface area contributed by atoms with Gasteiger partial charge in [-0.05, 0) is 19.4 Å². The Morgan fingerprint density at radius 3 is 2.94 bits per heavy atom. The van der Waals surface area contributed by atoms with Crippen LogP contribution in [0.4, 0.5) is 11.5 Å². The molecule has 1 aliphatic heterocycles. The van der Waals surface area contributed by atoms with E-state index in [0.29, 0.717) is 11.9 Å². The largest absolute Gasteiger partial charge is 0.391 e. The summed E-state index contributed by atoms with van der Waals surface area (Å²) < 4.78 is 0. The van der Waals surface area contributed by atoms with Crippen molar-refractivity contribution in [1.82, 2.24) is 15.3 Å². The molecule has 1 aromatic rings. The average molecular weight is 237 g/mol. The topological polar surface area (TPSA) is 87.0 Å². The molecule has 0 atom stereocenters. The summed E-state index contributed by atoms with van der Waals surface area (Å²) >= 11 is 0. The minimum atomic E-state index is -0.260. The summed E-state index contributed by atoms with van der Waals surface area (Å²) in [6.45, 7) is 4.88. The summed E-state index contributed by atoms with van der Waals surface area (Å²) in [4.78, 5) is 20.1. The molecular weight excluding hydrogens is 218 g/mol. The fourth-order valence-corrected chi connectivity index (χ4v) is 2.24. The van der Waals surface area contributed by atoms with Crippen LogP contribution in [0.15, 0.2) is 11.1 Å². The van der Waals surface area contributed by atoms with Crippen LogP contribution < -0.4 is 21.5 Å². The number of piperidine rings is 1. The van der Waals surface area contributed by atoms with Crippen LogP contribution in [0.2, 0.25) is 0 Å². The van der Waals surface area contributed by atoms with Crippen LogP contribution in [-0.4, -0.2) is 35.6 Å².